The van der Waals surface area contributed by atoms with Gasteiger partial charge in [-0.25, -0.2) is 0 Å². The van der Waals surface area contributed by atoms with Crippen molar-refractivity contribution >= 4 is 5.91 Å². The van der Waals surface area contributed by atoms with E-state index in [0.717, 1.165) is 45.4 Å². The molecule has 22 heavy (non-hydrogen) atoms. The third kappa shape index (κ3) is 3.50. The van der Waals surface area contributed by atoms with Gasteiger partial charge in [0.25, 0.3) is 0 Å². The van der Waals surface area contributed by atoms with Gasteiger partial charge in [0, 0.05) is 19.6 Å². The molecule has 2 saturated heterocycles. The standard InChI is InChI=1S/C18H27N3O/c19-12-16-9-11-21(14-16)18(22)17-8-4-5-10-20(17)13-15-6-2-1-3-7-15/h1-3,6-7,16-17H,4-5,8-14,19H2/t16-,17+/m1/s1. The Bertz CT molecular complexity index is 490. The summed E-state index contributed by atoms with van der Waals surface area (Å²) < 4.78 is 0. The minimum atomic E-state index is 0.0606. The predicted octanol–water partition coefficient (Wildman–Crippen LogP) is 1.85. The lowest BCUT2D eigenvalue weighted by Crippen LogP contribution is -2.50. The van der Waals surface area contributed by atoms with Crippen LogP contribution in [-0.4, -0.2) is 47.9 Å². The molecule has 2 aliphatic heterocycles. The van der Waals surface area contributed by atoms with Crippen LogP contribution < -0.4 is 5.73 Å². The second-order valence-electron chi connectivity index (χ2n) is 6.64. The zero-order valence-electron chi connectivity index (χ0n) is 13.3. The highest BCUT2D eigenvalue weighted by molar-refractivity contribution is 5.82. The number of hydrogen-bond acceptors (Lipinski definition) is 3. The number of rotatable bonds is 4. The Kier molecular flexibility index (Phi) is 5.11. The van der Waals surface area contributed by atoms with E-state index in [-0.39, 0.29) is 6.04 Å². The highest BCUT2D eigenvalue weighted by atomic mass is 16.2. The van der Waals surface area contributed by atoms with E-state index in [1.165, 1.54) is 12.0 Å². The number of benzene rings is 1. The summed E-state index contributed by atoms with van der Waals surface area (Å²) >= 11 is 0. The molecule has 2 aliphatic rings. The van der Waals surface area contributed by atoms with Gasteiger partial charge in [-0.2, -0.15) is 0 Å². The van der Waals surface area contributed by atoms with Gasteiger partial charge in [-0.1, -0.05) is 36.8 Å². The molecule has 1 amide bonds. The first-order chi connectivity index (χ1) is 10.8. The van der Waals surface area contributed by atoms with Crippen molar-refractivity contribution in [1.29, 1.82) is 0 Å². The molecule has 2 fully saturated rings. The Morgan fingerprint density at radius 3 is 2.68 bits per heavy atom. The van der Waals surface area contributed by atoms with Crippen LogP contribution in [0.3, 0.4) is 0 Å². The van der Waals surface area contributed by atoms with Crippen molar-refractivity contribution in [1.82, 2.24) is 9.80 Å². The molecule has 0 spiro atoms. The van der Waals surface area contributed by atoms with Gasteiger partial charge in [-0.3, -0.25) is 9.69 Å². The minimum absolute atomic E-state index is 0.0606. The molecule has 0 aromatic heterocycles. The molecule has 1 aromatic carbocycles. The van der Waals surface area contributed by atoms with Crippen LogP contribution in [0.4, 0.5) is 0 Å². The Morgan fingerprint density at radius 1 is 1.14 bits per heavy atom. The van der Waals surface area contributed by atoms with Crippen LogP contribution in [0, 0.1) is 5.92 Å². The Labute approximate surface area is 133 Å². The van der Waals surface area contributed by atoms with E-state index in [2.05, 4.69) is 29.2 Å². The topological polar surface area (TPSA) is 49.6 Å². The van der Waals surface area contributed by atoms with Crippen LogP contribution in [0.15, 0.2) is 30.3 Å². The number of carbonyl (C=O) groups is 1. The number of likely N-dealkylation sites (tertiary alicyclic amines) is 2. The molecule has 120 valence electrons. The van der Waals surface area contributed by atoms with Crippen LogP contribution in [0.25, 0.3) is 0 Å². The SMILES string of the molecule is NC[C@H]1CCN(C(=O)[C@@H]2CCCCN2Cc2ccccc2)C1. The molecule has 0 bridgehead atoms. The Hall–Kier alpha value is -1.39. The lowest BCUT2D eigenvalue weighted by Gasteiger charge is -2.36. The first-order valence-electron chi connectivity index (χ1n) is 8.54. The van der Waals surface area contributed by atoms with Crippen LogP contribution in [0.5, 0.6) is 0 Å². The van der Waals surface area contributed by atoms with Crippen LogP contribution in [-0.2, 0) is 11.3 Å². The van der Waals surface area contributed by atoms with Crippen molar-refractivity contribution in [3.63, 3.8) is 0 Å². The summed E-state index contributed by atoms with van der Waals surface area (Å²) in [6.07, 6.45) is 4.42. The number of nitrogens with two attached hydrogens (primary N) is 1. The van der Waals surface area contributed by atoms with Crippen molar-refractivity contribution in [2.45, 2.75) is 38.3 Å². The predicted molar refractivity (Wildman–Crippen MR) is 88.2 cm³/mol. The zero-order chi connectivity index (χ0) is 15.4. The molecule has 2 N–H and O–H groups in total. The Balaban J connectivity index is 1.66. The van der Waals surface area contributed by atoms with Crippen molar-refractivity contribution in [3.05, 3.63) is 35.9 Å². The molecule has 0 saturated carbocycles. The third-order valence-electron chi connectivity index (χ3n) is 5.06. The summed E-state index contributed by atoms with van der Waals surface area (Å²) in [6.45, 7) is 4.34. The zero-order valence-corrected chi connectivity index (χ0v) is 13.3. The maximum atomic E-state index is 12.9. The summed E-state index contributed by atoms with van der Waals surface area (Å²) in [5.41, 5.74) is 7.05. The van der Waals surface area contributed by atoms with E-state index in [0.29, 0.717) is 18.4 Å². The molecule has 0 radical (unpaired) electrons. The van der Waals surface area contributed by atoms with Gasteiger partial charge >= 0.3 is 0 Å². The molecule has 1 aromatic rings. The fourth-order valence-corrected chi connectivity index (χ4v) is 3.71. The molecule has 0 aliphatic carbocycles. The summed E-state index contributed by atoms with van der Waals surface area (Å²) in [5.74, 6) is 0.821. The van der Waals surface area contributed by atoms with Gasteiger partial charge in [0.05, 0.1) is 6.04 Å². The number of amides is 1. The number of hydrogen-bond donors (Lipinski definition) is 1. The normalized spacial score (nSPS) is 26.3. The highest BCUT2D eigenvalue weighted by Gasteiger charge is 2.34. The minimum Gasteiger partial charge on any atom is -0.341 e. The van der Waals surface area contributed by atoms with Crippen molar-refractivity contribution in [3.8, 4) is 0 Å². The monoisotopic (exact) mass is 301 g/mol. The highest BCUT2D eigenvalue weighted by Crippen LogP contribution is 2.24. The second kappa shape index (κ2) is 7.25. The summed E-state index contributed by atoms with van der Waals surface area (Å²) in [6, 6.07) is 10.5. The molecular weight excluding hydrogens is 274 g/mol. The van der Waals surface area contributed by atoms with Gasteiger partial charge < -0.3 is 10.6 Å². The first kappa shape index (κ1) is 15.5. The first-order valence-corrected chi connectivity index (χ1v) is 8.54. The van der Waals surface area contributed by atoms with Crippen molar-refractivity contribution < 1.29 is 4.79 Å². The molecule has 2 heterocycles. The quantitative estimate of drug-likeness (QED) is 0.923. The van der Waals surface area contributed by atoms with Crippen molar-refractivity contribution in [2.75, 3.05) is 26.2 Å². The van der Waals surface area contributed by atoms with E-state index < -0.39 is 0 Å². The van der Waals surface area contributed by atoms with E-state index in [1.54, 1.807) is 0 Å². The molecule has 3 rings (SSSR count). The van der Waals surface area contributed by atoms with Gasteiger partial charge in [-0.15, -0.1) is 0 Å². The molecule has 4 nitrogen and oxygen atoms in total. The van der Waals surface area contributed by atoms with E-state index in [1.807, 2.05) is 11.0 Å². The molecule has 0 unspecified atom stereocenters. The van der Waals surface area contributed by atoms with Crippen LogP contribution in [0.2, 0.25) is 0 Å². The summed E-state index contributed by atoms with van der Waals surface area (Å²) in [7, 11) is 0. The average Bonchev–Trinajstić information content (AvgIpc) is 3.05. The summed E-state index contributed by atoms with van der Waals surface area (Å²) in [5, 5.41) is 0. The lowest BCUT2D eigenvalue weighted by molar-refractivity contribution is -0.137. The van der Waals surface area contributed by atoms with E-state index >= 15 is 0 Å². The maximum absolute atomic E-state index is 12.9. The number of carbonyl (C=O) groups excluding carboxylic acids is 1. The maximum Gasteiger partial charge on any atom is 0.239 e. The third-order valence-corrected chi connectivity index (χ3v) is 5.06. The molecule has 2 atom stereocenters. The number of piperidine rings is 1. The lowest BCUT2D eigenvalue weighted by atomic mass is 10.00. The van der Waals surface area contributed by atoms with Crippen LogP contribution in [0.1, 0.15) is 31.2 Å². The summed E-state index contributed by atoms with van der Waals surface area (Å²) in [4.78, 5) is 17.3. The number of nitrogens with zero attached hydrogens (tertiary/aromatic N) is 2. The Morgan fingerprint density at radius 2 is 1.95 bits per heavy atom. The molecule has 4 heteroatoms. The van der Waals surface area contributed by atoms with Crippen LogP contribution >= 0.6 is 0 Å². The van der Waals surface area contributed by atoms with E-state index in [9.17, 15) is 4.79 Å². The van der Waals surface area contributed by atoms with Gasteiger partial charge in [0.1, 0.15) is 0 Å². The van der Waals surface area contributed by atoms with Gasteiger partial charge in [0.15, 0.2) is 0 Å². The largest absolute Gasteiger partial charge is 0.341 e. The molecular formula is C18H27N3O. The van der Waals surface area contributed by atoms with Crippen molar-refractivity contribution in [2.24, 2.45) is 11.7 Å². The fourth-order valence-electron chi connectivity index (χ4n) is 3.71. The fraction of sp³-hybridized carbons (Fsp3) is 0.611. The van der Waals surface area contributed by atoms with E-state index in [4.69, 9.17) is 5.73 Å². The van der Waals surface area contributed by atoms with Gasteiger partial charge in [-0.05, 0) is 43.8 Å². The average molecular weight is 301 g/mol. The smallest absolute Gasteiger partial charge is 0.239 e. The second-order valence-corrected chi connectivity index (χ2v) is 6.64. The van der Waals surface area contributed by atoms with Gasteiger partial charge in [0.2, 0.25) is 5.91 Å².